The number of benzene rings is 2. The van der Waals surface area contributed by atoms with E-state index in [-0.39, 0.29) is 11.9 Å². The maximum atomic E-state index is 12.4. The summed E-state index contributed by atoms with van der Waals surface area (Å²) in [5.41, 5.74) is 2.92. The standard InChI is InChI=1S/C19H23ClN2O/c1-4-13(2)17-7-5-6-8-18(17)22-19(23)14(3)21-16-11-9-15(20)10-12-16/h5-14,21H,4H2,1-3H3,(H,22,23)/t13-,14-/m0/s1. The van der Waals surface area contributed by atoms with Crippen molar-refractivity contribution >= 4 is 28.9 Å². The van der Waals surface area contributed by atoms with Gasteiger partial charge in [-0.1, -0.05) is 43.6 Å². The summed E-state index contributed by atoms with van der Waals surface area (Å²) < 4.78 is 0. The average molecular weight is 331 g/mol. The maximum Gasteiger partial charge on any atom is 0.246 e. The van der Waals surface area contributed by atoms with E-state index < -0.39 is 0 Å². The van der Waals surface area contributed by atoms with E-state index in [1.54, 1.807) is 12.1 Å². The summed E-state index contributed by atoms with van der Waals surface area (Å²) in [5, 5.41) is 6.89. The fourth-order valence-electron chi connectivity index (χ4n) is 2.36. The first-order chi connectivity index (χ1) is 11.0. The van der Waals surface area contributed by atoms with Crippen molar-refractivity contribution in [3.63, 3.8) is 0 Å². The number of carbonyl (C=O) groups is 1. The summed E-state index contributed by atoms with van der Waals surface area (Å²) in [6.45, 7) is 6.16. The van der Waals surface area contributed by atoms with Gasteiger partial charge in [-0.2, -0.15) is 0 Å². The number of hydrogen-bond acceptors (Lipinski definition) is 2. The highest BCUT2D eigenvalue weighted by molar-refractivity contribution is 6.30. The lowest BCUT2D eigenvalue weighted by Crippen LogP contribution is -2.32. The number of amides is 1. The summed E-state index contributed by atoms with van der Waals surface area (Å²) in [4.78, 5) is 12.4. The Morgan fingerprint density at radius 2 is 1.74 bits per heavy atom. The third-order valence-electron chi connectivity index (χ3n) is 3.98. The van der Waals surface area contributed by atoms with Gasteiger partial charge in [-0.05, 0) is 55.2 Å². The first-order valence-electron chi connectivity index (χ1n) is 7.93. The third-order valence-corrected chi connectivity index (χ3v) is 4.23. The van der Waals surface area contributed by atoms with Gasteiger partial charge in [-0.3, -0.25) is 4.79 Å². The van der Waals surface area contributed by atoms with Crippen molar-refractivity contribution in [3.05, 3.63) is 59.1 Å². The number of para-hydroxylation sites is 1. The highest BCUT2D eigenvalue weighted by Gasteiger charge is 2.16. The second-order valence-corrected chi connectivity index (χ2v) is 6.20. The van der Waals surface area contributed by atoms with Gasteiger partial charge in [0.2, 0.25) is 5.91 Å². The minimum absolute atomic E-state index is 0.0595. The molecule has 0 bridgehead atoms. The third kappa shape index (κ3) is 4.73. The Hall–Kier alpha value is -2.00. The number of halogens is 1. The molecule has 0 aliphatic rings. The Morgan fingerprint density at radius 3 is 2.39 bits per heavy atom. The van der Waals surface area contributed by atoms with Crippen molar-refractivity contribution < 1.29 is 4.79 Å². The molecule has 2 aromatic rings. The first-order valence-corrected chi connectivity index (χ1v) is 8.31. The van der Waals surface area contributed by atoms with Gasteiger partial charge in [0.25, 0.3) is 0 Å². The summed E-state index contributed by atoms with van der Waals surface area (Å²) in [7, 11) is 0. The van der Waals surface area contributed by atoms with Crippen molar-refractivity contribution in [3.8, 4) is 0 Å². The molecule has 122 valence electrons. The first kappa shape index (κ1) is 17.4. The molecule has 2 rings (SSSR count). The zero-order valence-corrected chi connectivity index (χ0v) is 14.5. The molecule has 0 aromatic heterocycles. The Kier molecular flexibility index (Phi) is 6.05. The predicted molar refractivity (Wildman–Crippen MR) is 98.3 cm³/mol. The quantitative estimate of drug-likeness (QED) is 0.755. The molecule has 0 saturated carbocycles. The molecule has 2 aromatic carbocycles. The Bertz CT molecular complexity index is 655. The lowest BCUT2D eigenvalue weighted by Gasteiger charge is -2.19. The van der Waals surface area contributed by atoms with Crippen LogP contribution in [0.2, 0.25) is 5.02 Å². The van der Waals surface area contributed by atoms with Crippen LogP contribution in [0.15, 0.2) is 48.5 Å². The van der Waals surface area contributed by atoms with Crippen molar-refractivity contribution in [2.75, 3.05) is 10.6 Å². The minimum Gasteiger partial charge on any atom is -0.374 e. The van der Waals surface area contributed by atoms with Crippen LogP contribution in [-0.4, -0.2) is 11.9 Å². The molecule has 0 fully saturated rings. The number of nitrogens with one attached hydrogen (secondary N) is 2. The van der Waals surface area contributed by atoms with Crippen LogP contribution in [0.4, 0.5) is 11.4 Å². The van der Waals surface area contributed by atoms with E-state index in [1.165, 1.54) is 5.56 Å². The van der Waals surface area contributed by atoms with Gasteiger partial charge in [0, 0.05) is 16.4 Å². The molecule has 1 amide bonds. The normalized spacial score (nSPS) is 13.2. The summed E-state index contributed by atoms with van der Waals surface area (Å²) >= 11 is 5.87. The molecule has 2 N–H and O–H groups in total. The highest BCUT2D eigenvalue weighted by Crippen LogP contribution is 2.26. The van der Waals surface area contributed by atoms with Crippen LogP contribution >= 0.6 is 11.6 Å². The summed E-state index contributed by atoms with van der Waals surface area (Å²) in [6, 6.07) is 14.9. The van der Waals surface area contributed by atoms with Crippen molar-refractivity contribution in [1.29, 1.82) is 0 Å². The van der Waals surface area contributed by atoms with E-state index in [4.69, 9.17) is 11.6 Å². The van der Waals surface area contributed by atoms with E-state index in [1.807, 2.05) is 37.3 Å². The van der Waals surface area contributed by atoms with Gasteiger partial charge in [-0.25, -0.2) is 0 Å². The number of carbonyl (C=O) groups excluding carboxylic acids is 1. The molecule has 0 saturated heterocycles. The molecule has 0 aliphatic heterocycles. The van der Waals surface area contributed by atoms with Crippen LogP contribution in [0, 0.1) is 0 Å². The van der Waals surface area contributed by atoms with E-state index in [9.17, 15) is 4.79 Å². The largest absolute Gasteiger partial charge is 0.374 e. The number of rotatable bonds is 6. The van der Waals surface area contributed by atoms with Crippen LogP contribution in [0.25, 0.3) is 0 Å². The lowest BCUT2D eigenvalue weighted by molar-refractivity contribution is -0.116. The summed E-state index contributed by atoms with van der Waals surface area (Å²) in [6.07, 6.45) is 1.03. The van der Waals surface area contributed by atoms with Crippen LogP contribution in [0.1, 0.15) is 38.7 Å². The predicted octanol–water partition coefficient (Wildman–Crippen LogP) is 5.29. The molecule has 23 heavy (non-hydrogen) atoms. The maximum absolute atomic E-state index is 12.4. The van der Waals surface area contributed by atoms with Gasteiger partial charge in [0.15, 0.2) is 0 Å². The fraction of sp³-hybridized carbons (Fsp3) is 0.316. The molecule has 2 atom stereocenters. The van der Waals surface area contributed by atoms with Gasteiger partial charge in [0.05, 0.1) is 0 Å². The van der Waals surface area contributed by atoms with Crippen molar-refractivity contribution in [2.24, 2.45) is 0 Å². The molecule has 0 radical (unpaired) electrons. The Balaban J connectivity index is 2.05. The van der Waals surface area contributed by atoms with Gasteiger partial charge in [0.1, 0.15) is 6.04 Å². The van der Waals surface area contributed by atoms with Crippen LogP contribution in [0.5, 0.6) is 0 Å². The van der Waals surface area contributed by atoms with E-state index >= 15 is 0 Å². The molecule has 3 nitrogen and oxygen atoms in total. The van der Waals surface area contributed by atoms with Gasteiger partial charge in [-0.15, -0.1) is 0 Å². The molecular formula is C19H23ClN2O. The number of anilines is 2. The van der Waals surface area contributed by atoms with Gasteiger partial charge >= 0.3 is 0 Å². The molecule has 0 spiro atoms. The van der Waals surface area contributed by atoms with E-state index in [2.05, 4.69) is 30.5 Å². The van der Waals surface area contributed by atoms with Crippen LogP contribution in [-0.2, 0) is 4.79 Å². The zero-order valence-electron chi connectivity index (χ0n) is 13.8. The van der Waals surface area contributed by atoms with Crippen molar-refractivity contribution in [1.82, 2.24) is 0 Å². The van der Waals surface area contributed by atoms with Crippen LogP contribution in [0.3, 0.4) is 0 Å². The Labute approximate surface area is 143 Å². The second-order valence-electron chi connectivity index (χ2n) is 5.76. The summed E-state index contributed by atoms with van der Waals surface area (Å²) in [5.74, 6) is 0.349. The fourth-order valence-corrected chi connectivity index (χ4v) is 2.49. The molecule has 0 unspecified atom stereocenters. The smallest absolute Gasteiger partial charge is 0.246 e. The minimum atomic E-state index is -0.346. The lowest BCUT2D eigenvalue weighted by atomic mass is 9.97. The molecular weight excluding hydrogens is 308 g/mol. The van der Waals surface area contributed by atoms with Crippen molar-refractivity contribution in [2.45, 2.75) is 39.2 Å². The topological polar surface area (TPSA) is 41.1 Å². The SMILES string of the molecule is CC[C@H](C)c1ccccc1NC(=O)[C@H](C)Nc1ccc(Cl)cc1. The monoisotopic (exact) mass is 330 g/mol. The Morgan fingerprint density at radius 1 is 1.09 bits per heavy atom. The van der Waals surface area contributed by atoms with Gasteiger partial charge < -0.3 is 10.6 Å². The zero-order chi connectivity index (χ0) is 16.8. The van der Waals surface area contributed by atoms with E-state index in [0.29, 0.717) is 10.9 Å². The molecule has 0 heterocycles. The molecule has 0 aliphatic carbocycles. The molecule has 4 heteroatoms. The van der Waals surface area contributed by atoms with Crippen LogP contribution < -0.4 is 10.6 Å². The average Bonchev–Trinajstić information content (AvgIpc) is 2.56. The van der Waals surface area contributed by atoms with E-state index in [0.717, 1.165) is 17.8 Å². The second kappa shape index (κ2) is 8.02. The number of hydrogen-bond donors (Lipinski definition) is 2. The highest BCUT2D eigenvalue weighted by atomic mass is 35.5.